The van der Waals surface area contributed by atoms with Crippen molar-refractivity contribution in [3.63, 3.8) is 0 Å². The first-order valence-electron chi connectivity index (χ1n) is 19.4. The molecule has 0 spiro atoms. The van der Waals surface area contributed by atoms with Gasteiger partial charge in [-0.2, -0.15) is 0 Å². The lowest BCUT2D eigenvalue weighted by Crippen LogP contribution is -2.12. The average Bonchev–Trinajstić information content (AvgIpc) is 3.60. The molecule has 0 saturated heterocycles. The summed E-state index contributed by atoms with van der Waals surface area (Å²) in [5.74, 6) is 1.05. The SMILES string of the molecule is CC(C)(C)c1ccc(-n2c(-c3cccc(-c4cc(C(C)(C)C)cc5cccnc45)c3)nc3c(-c4c(O)ccc5ccccc45)cccc32)c(-c2ccccc2)c1. The molecule has 4 heteroatoms. The number of pyridine rings is 1. The fourth-order valence-electron chi connectivity index (χ4n) is 8.00. The van der Waals surface area contributed by atoms with Crippen molar-refractivity contribution < 1.29 is 5.11 Å². The molecule has 7 aromatic carbocycles. The Bertz CT molecular complexity index is 2940. The van der Waals surface area contributed by atoms with E-state index in [-0.39, 0.29) is 16.6 Å². The van der Waals surface area contributed by atoms with Gasteiger partial charge in [-0.25, -0.2) is 4.98 Å². The van der Waals surface area contributed by atoms with Crippen LogP contribution >= 0.6 is 0 Å². The molecule has 0 fully saturated rings. The van der Waals surface area contributed by atoms with Gasteiger partial charge in [-0.1, -0.05) is 145 Å². The Morgan fingerprint density at radius 3 is 2.00 bits per heavy atom. The highest BCUT2D eigenvalue weighted by Gasteiger charge is 2.25. The summed E-state index contributed by atoms with van der Waals surface area (Å²) in [6, 6.07) is 53.3. The molecule has 0 saturated carbocycles. The summed E-state index contributed by atoms with van der Waals surface area (Å²) in [6.07, 6.45) is 1.88. The van der Waals surface area contributed by atoms with Gasteiger partial charge < -0.3 is 5.11 Å². The summed E-state index contributed by atoms with van der Waals surface area (Å²) in [6.45, 7) is 13.6. The maximum Gasteiger partial charge on any atom is 0.145 e. The summed E-state index contributed by atoms with van der Waals surface area (Å²) in [5.41, 5.74) is 13.3. The number of para-hydroxylation sites is 1. The third-order valence-corrected chi connectivity index (χ3v) is 11.1. The molecule has 0 aliphatic carbocycles. The first kappa shape index (κ1) is 35.2. The summed E-state index contributed by atoms with van der Waals surface area (Å²) in [5, 5.41) is 14.7. The van der Waals surface area contributed by atoms with Crippen LogP contribution in [0.1, 0.15) is 52.7 Å². The fraction of sp³-hybridized carbons (Fsp3) is 0.154. The Morgan fingerprint density at radius 1 is 0.500 bits per heavy atom. The van der Waals surface area contributed by atoms with E-state index < -0.39 is 0 Å². The molecule has 0 aliphatic heterocycles. The van der Waals surface area contributed by atoms with Crippen LogP contribution in [0.4, 0.5) is 0 Å². The minimum atomic E-state index is -0.0479. The van der Waals surface area contributed by atoms with Crippen LogP contribution in [0.25, 0.3) is 83.2 Å². The van der Waals surface area contributed by atoms with Crippen LogP contribution in [-0.2, 0) is 10.8 Å². The van der Waals surface area contributed by atoms with Crippen molar-refractivity contribution in [1.29, 1.82) is 0 Å². The van der Waals surface area contributed by atoms with Gasteiger partial charge in [0.1, 0.15) is 11.6 Å². The Kier molecular flexibility index (Phi) is 8.39. The standard InChI is InChI=1S/C52H45N3O/c1-51(2,3)38-25-26-44(42(31-38)33-15-8-7-9-16-33)55-45-23-13-22-41(47-40-21-11-10-17-34(40)24-27-46(47)56)49(45)54-50(55)37-19-12-18-35(29-37)43-32-39(52(4,5)6)30-36-20-14-28-53-48(36)43/h7-32,56H,1-6H3. The number of hydrogen-bond donors (Lipinski definition) is 1. The molecule has 9 rings (SSSR count). The van der Waals surface area contributed by atoms with Crippen molar-refractivity contribution in [3.8, 4) is 56.2 Å². The van der Waals surface area contributed by atoms with E-state index in [4.69, 9.17) is 9.97 Å². The Morgan fingerprint density at radius 2 is 1.20 bits per heavy atom. The fourth-order valence-corrected chi connectivity index (χ4v) is 8.00. The molecular weight excluding hydrogens is 683 g/mol. The van der Waals surface area contributed by atoms with Gasteiger partial charge in [0.05, 0.1) is 22.2 Å². The number of fused-ring (bicyclic) bond motifs is 3. The normalized spacial score (nSPS) is 12.2. The predicted molar refractivity (Wildman–Crippen MR) is 235 cm³/mol. The number of aromatic hydroxyl groups is 1. The molecule has 0 amide bonds. The lowest BCUT2D eigenvalue weighted by Gasteiger charge is -2.23. The number of imidazole rings is 1. The molecule has 2 aromatic heterocycles. The highest BCUT2D eigenvalue weighted by molar-refractivity contribution is 6.07. The zero-order chi connectivity index (χ0) is 38.8. The summed E-state index contributed by atoms with van der Waals surface area (Å²) >= 11 is 0. The second kappa shape index (κ2) is 13.3. The first-order chi connectivity index (χ1) is 27.0. The van der Waals surface area contributed by atoms with E-state index in [0.717, 1.165) is 83.2 Å². The van der Waals surface area contributed by atoms with Crippen LogP contribution in [0.5, 0.6) is 5.75 Å². The van der Waals surface area contributed by atoms with Crippen molar-refractivity contribution in [2.45, 2.75) is 52.4 Å². The third kappa shape index (κ3) is 6.12. The van der Waals surface area contributed by atoms with E-state index in [9.17, 15) is 5.11 Å². The van der Waals surface area contributed by atoms with Crippen molar-refractivity contribution in [1.82, 2.24) is 14.5 Å². The maximum atomic E-state index is 11.5. The van der Waals surface area contributed by atoms with Gasteiger partial charge in [0, 0.05) is 39.4 Å². The minimum Gasteiger partial charge on any atom is -0.507 e. The molecule has 0 radical (unpaired) electrons. The van der Waals surface area contributed by atoms with Crippen molar-refractivity contribution in [2.24, 2.45) is 0 Å². The molecular formula is C52H45N3O. The van der Waals surface area contributed by atoms with Gasteiger partial charge in [-0.15, -0.1) is 0 Å². The lowest BCUT2D eigenvalue weighted by molar-refractivity contribution is 0.478. The van der Waals surface area contributed by atoms with Crippen molar-refractivity contribution in [2.75, 3.05) is 0 Å². The van der Waals surface area contributed by atoms with Gasteiger partial charge in [-0.05, 0) is 92.4 Å². The highest BCUT2D eigenvalue weighted by atomic mass is 16.3. The Balaban J connectivity index is 1.36. The number of hydrogen-bond acceptors (Lipinski definition) is 3. The van der Waals surface area contributed by atoms with Crippen molar-refractivity contribution >= 4 is 32.7 Å². The van der Waals surface area contributed by atoms with Gasteiger partial charge in [-0.3, -0.25) is 9.55 Å². The Hall–Kier alpha value is -6.52. The quantitative estimate of drug-likeness (QED) is 0.192. The third-order valence-electron chi connectivity index (χ3n) is 11.1. The number of phenols is 1. The molecule has 4 nitrogen and oxygen atoms in total. The van der Waals surface area contributed by atoms with E-state index in [2.05, 4.69) is 167 Å². The second-order valence-corrected chi connectivity index (χ2v) is 16.9. The van der Waals surface area contributed by atoms with Gasteiger partial charge in [0.25, 0.3) is 0 Å². The lowest BCUT2D eigenvalue weighted by atomic mass is 9.84. The number of phenolic OH excluding ortho intramolecular Hbond substituents is 1. The molecule has 0 atom stereocenters. The summed E-state index contributed by atoms with van der Waals surface area (Å²) < 4.78 is 2.32. The molecule has 0 unspecified atom stereocenters. The zero-order valence-corrected chi connectivity index (χ0v) is 32.8. The highest BCUT2D eigenvalue weighted by Crippen LogP contribution is 2.44. The van der Waals surface area contributed by atoms with Gasteiger partial charge >= 0.3 is 0 Å². The molecule has 274 valence electrons. The van der Waals surface area contributed by atoms with Crippen LogP contribution in [0.3, 0.4) is 0 Å². The summed E-state index contributed by atoms with van der Waals surface area (Å²) in [7, 11) is 0. The molecule has 56 heavy (non-hydrogen) atoms. The zero-order valence-electron chi connectivity index (χ0n) is 32.8. The maximum absolute atomic E-state index is 11.5. The predicted octanol–water partition coefficient (Wildman–Crippen LogP) is 13.7. The van der Waals surface area contributed by atoms with E-state index in [1.165, 1.54) is 11.1 Å². The topological polar surface area (TPSA) is 50.9 Å². The van der Waals surface area contributed by atoms with Crippen LogP contribution < -0.4 is 0 Å². The number of rotatable bonds is 5. The number of nitrogens with zero attached hydrogens (tertiary/aromatic N) is 3. The molecule has 0 aliphatic rings. The molecule has 1 N–H and O–H groups in total. The average molecular weight is 728 g/mol. The van der Waals surface area contributed by atoms with Crippen molar-refractivity contribution in [3.05, 3.63) is 169 Å². The smallest absolute Gasteiger partial charge is 0.145 e. The first-order valence-corrected chi connectivity index (χ1v) is 19.4. The number of benzene rings is 7. The van der Waals surface area contributed by atoms with E-state index in [1.807, 2.05) is 30.5 Å². The Labute approximate surface area is 328 Å². The van der Waals surface area contributed by atoms with Crippen LogP contribution in [0.2, 0.25) is 0 Å². The summed E-state index contributed by atoms with van der Waals surface area (Å²) in [4.78, 5) is 10.5. The van der Waals surface area contributed by atoms with Crippen LogP contribution in [0.15, 0.2) is 158 Å². The minimum absolute atomic E-state index is 0.0407. The van der Waals surface area contributed by atoms with Crippen LogP contribution in [0, 0.1) is 0 Å². The van der Waals surface area contributed by atoms with Crippen LogP contribution in [-0.4, -0.2) is 19.6 Å². The van der Waals surface area contributed by atoms with E-state index in [0.29, 0.717) is 0 Å². The molecule has 0 bridgehead atoms. The molecule has 2 heterocycles. The van der Waals surface area contributed by atoms with Gasteiger partial charge in [0.15, 0.2) is 0 Å². The van der Waals surface area contributed by atoms with E-state index >= 15 is 0 Å². The second-order valence-electron chi connectivity index (χ2n) is 16.9. The monoisotopic (exact) mass is 727 g/mol. The van der Waals surface area contributed by atoms with E-state index in [1.54, 1.807) is 6.07 Å². The number of aromatic nitrogens is 3. The van der Waals surface area contributed by atoms with Gasteiger partial charge in [0.2, 0.25) is 0 Å². The largest absolute Gasteiger partial charge is 0.507 e. The molecule has 9 aromatic rings.